The summed E-state index contributed by atoms with van der Waals surface area (Å²) in [5.41, 5.74) is 4.51. The molecule has 33 heavy (non-hydrogen) atoms. The first kappa shape index (κ1) is 21.9. The van der Waals surface area contributed by atoms with E-state index in [0.29, 0.717) is 29.9 Å². The first-order valence-electron chi connectivity index (χ1n) is 11.0. The molecule has 0 fully saturated rings. The van der Waals surface area contributed by atoms with Gasteiger partial charge in [0.1, 0.15) is 17.9 Å². The quantitative estimate of drug-likeness (QED) is 0.415. The average Bonchev–Trinajstić information content (AvgIpc) is 3.02. The van der Waals surface area contributed by atoms with Crippen LogP contribution >= 0.6 is 0 Å². The highest BCUT2D eigenvalue weighted by Gasteiger charge is 2.23. The predicted octanol–water partition coefficient (Wildman–Crippen LogP) is 6.22. The normalized spacial score (nSPS) is 11.5. The Balaban J connectivity index is 1.33. The molecule has 0 aliphatic carbocycles. The van der Waals surface area contributed by atoms with Crippen LogP contribution in [0.5, 0.6) is 5.75 Å². The van der Waals surface area contributed by atoms with Crippen molar-refractivity contribution in [3.05, 3.63) is 89.0 Å². The Morgan fingerprint density at radius 2 is 1.42 bits per heavy atom. The van der Waals surface area contributed by atoms with E-state index >= 15 is 0 Å². The second kappa shape index (κ2) is 10.3. The first-order valence-corrected chi connectivity index (χ1v) is 11.0. The van der Waals surface area contributed by atoms with Crippen molar-refractivity contribution in [1.82, 2.24) is 0 Å². The van der Waals surface area contributed by atoms with Crippen LogP contribution < -0.4 is 9.64 Å². The van der Waals surface area contributed by atoms with Gasteiger partial charge in [0, 0.05) is 6.42 Å². The van der Waals surface area contributed by atoms with E-state index in [9.17, 15) is 4.79 Å². The third kappa shape index (κ3) is 4.95. The number of hydrogen-bond donors (Lipinski definition) is 0. The summed E-state index contributed by atoms with van der Waals surface area (Å²) in [6, 6.07) is 24.8. The highest BCUT2D eigenvalue weighted by molar-refractivity contribution is 6.06. The SMILES string of the molecule is N#Cc1ccc(OCCCCCC(=O)N2c3ccccc3C=Cc3ccccc32)cc1C#N. The Kier molecular flexibility index (Phi) is 6.83. The zero-order valence-corrected chi connectivity index (χ0v) is 18.2. The highest BCUT2D eigenvalue weighted by atomic mass is 16.5. The molecule has 1 heterocycles. The van der Waals surface area contributed by atoms with Crippen molar-refractivity contribution in [1.29, 1.82) is 10.5 Å². The number of carbonyl (C=O) groups is 1. The number of carbonyl (C=O) groups excluding carboxylic acids is 1. The zero-order valence-electron chi connectivity index (χ0n) is 18.2. The third-order valence-electron chi connectivity index (χ3n) is 5.58. The summed E-state index contributed by atoms with van der Waals surface area (Å²) in [5, 5.41) is 18.1. The van der Waals surface area contributed by atoms with Gasteiger partial charge in [0.05, 0.1) is 29.1 Å². The number of amides is 1. The molecule has 0 unspecified atom stereocenters. The van der Waals surface area contributed by atoms with Gasteiger partial charge in [-0.25, -0.2) is 0 Å². The minimum atomic E-state index is 0.0743. The van der Waals surface area contributed by atoms with Crippen LogP contribution in [-0.2, 0) is 4.79 Å². The summed E-state index contributed by atoms with van der Waals surface area (Å²) in [7, 11) is 0. The molecule has 3 aromatic carbocycles. The lowest BCUT2D eigenvalue weighted by molar-refractivity contribution is -0.118. The van der Waals surface area contributed by atoms with Crippen LogP contribution in [-0.4, -0.2) is 12.5 Å². The molecule has 4 rings (SSSR count). The molecule has 5 heteroatoms. The number of rotatable bonds is 7. The summed E-state index contributed by atoms with van der Waals surface area (Å²) in [4.78, 5) is 15.1. The van der Waals surface area contributed by atoms with Crippen molar-refractivity contribution in [3.63, 3.8) is 0 Å². The van der Waals surface area contributed by atoms with Crippen LogP contribution in [0.3, 0.4) is 0 Å². The Bertz CT molecular complexity index is 1230. The molecule has 0 saturated carbocycles. The zero-order chi connectivity index (χ0) is 23.0. The Hall–Kier alpha value is -4.35. The van der Waals surface area contributed by atoms with Gasteiger partial charge in [0.15, 0.2) is 0 Å². The average molecular weight is 434 g/mol. The van der Waals surface area contributed by atoms with Crippen molar-refractivity contribution in [2.75, 3.05) is 11.5 Å². The van der Waals surface area contributed by atoms with Gasteiger partial charge in [-0.3, -0.25) is 9.69 Å². The lowest BCUT2D eigenvalue weighted by Gasteiger charge is -2.25. The van der Waals surface area contributed by atoms with Crippen LogP contribution in [0.2, 0.25) is 0 Å². The summed E-state index contributed by atoms with van der Waals surface area (Å²) in [5.74, 6) is 0.650. The van der Waals surface area contributed by atoms with Gasteiger partial charge >= 0.3 is 0 Å². The fourth-order valence-electron chi connectivity index (χ4n) is 3.90. The fourth-order valence-corrected chi connectivity index (χ4v) is 3.90. The van der Waals surface area contributed by atoms with E-state index < -0.39 is 0 Å². The van der Waals surface area contributed by atoms with Crippen molar-refractivity contribution in [3.8, 4) is 17.9 Å². The molecular formula is C28H23N3O2. The van der Waals surface area contributed by atoms with Crippen LogP contribution in [0.1, 0.15) is 47.9 Å². The molecule has 0 spiro atoms. The fraction of sp³-hybridized carbons (Fsp3) is 0.179. The number of anilines is 2. The van der Waals surface area contributed by atoms with Gasteiger partial charge in [-0.15, -0.1) is 0 Å². The van der Waals surface area contributed by atoms with Gasteiger partial charge < -0.3 is 4.74 Å². The van der Waals surface area contributed by atoms with Crippen molar-refractivity contribution < 1.29 is 9.53 Å². The molecule has 5 nitrogen and oxygen atoms in total. The number of ether oxygens (including phenoxy) is 1. The molecule has 1 aliphatic rings. The van der Waals surface area contributed by atoms with Gasteiger partial charge in [-0.1, -0.05) is 48.6 Å². The highest BCUT2D eigenvalue weighted by Crippen LogP contribution is 2.36. The standard InChI is InChI=1S/C28H23N3O2/c29-19-23-15-16-25(18-24(23)20-30)33-17-7-1-2-12-28(32)31-26-10-5-3-8-21(26)13-14-22-9-4-6-11-27(22)31/h3-6,8-11,13-16,18H,1-2,7,12,17H2. The number of benzene rings is 3. The van der Waals surface area contributed by atoms with Crippen molar-refractivity contribution in [2.45, 2.75) is 25.7 Å². The van der Waals surface area contributed by atoms with E-state index in [1.54, 1.807) is 18.2 Å². The monoisotopic (exact) mass is 433 g/mol. The minimum Gasteiger partial charge on any atom is -0.494 e. The Morgan fingerprint density at radius 3 is 2.06 bits per heavy atom. The van der Waals surface area contributed by atoms with E-state index in [4.69, 9.17) is 15.3 Å². The summed E-state index contributed by atoms with van der Waals surface area (Å²) < 4.78 is 5.72. The van der Waals surface area contributed by atoms with Gasteiger partial charge in [0.2, 0.25) is 5.91 Å². The van der Waals surface area contributed by atoms with E-state index in [1.165, 1.54) is 0 Å². The van der Waals surface area contributed by atoms with Crippen LogP contribution in [0, 0.1) is 22.7 Å². The third-order valence-corrected chi connectivity index (χ3v) is 5.58. The van der Waals surface area contributed by atoms with E-state index in [0.717, 1.165) is 41.8 Å². The summed E-state index contributed by atoms with van der Waals surface area (Å²) in [6.07, 6.45) is 6.96. The lowest BCUT2D eigenvalue weighted by Crippen LogP contribution is -2.26. The summed E-state index contributed by atoms with van der Waals surface area (Å²) in [6.45, 7) is 0.490. The van der Waals surface area contributed by atoms with Crippen LogP contribution in [0.25, 0.3) is 12.2 Å². The molecule has 0 saturated heterocycles. The molecule has 162 valence electrons. The Labute approximate surface area is 193 Å². The topological polar surface area (TPSA) is 77.1 Å². The van der Waals surface area contributed by atoms with Crippen molar-refractivity contribution in [2.24, 2.45) is 0 Å². The van der Waals surface area contributed by atoms with Gasteiger partial charge in [0.25, 0.3) is 0 Å². The maximum Gasteiger partial charge on any atom is 0.231 e. The van der Waals surface area contributed by atoms with E-state index in [2.05, 4.69) is 12.2 Å². The molecule has 0 N–H and O–H groups in total. The number of hydrogen-bond acceptors (Lipinski definition) is 4. The van der Waals surface area contributed by atoms with Crippen LogP contribution in [0.4, 0.5) is 11.4 Å². The van der Waals surface area contributed by atoms with Gasteiger partial charge in [-0.2, -0.15) is 10.5 Å². The van der Waals surface area contributed by atoms with Gasteiger partial charge in [-0.05, 0) is 60.7 Å². The van der Waals surface area contributed by atoms with Crippen LogP contribution in [0.15, 0.2) is 66.7 Å². The molecule has 0 bridgehead atoms. The maximum absolute atomic E-state index is 13.3. The second-order valence-electron chi connectivity index (χ2n) is 7.77. The largest absolute Gasteiger partial charge is 0.494 e. The van der Waals surface area contributed by atoms with E-state index in [1.807, 2.05) is 65.6 Å². The molecule has 1 amide bonds. The molecule has 0 aromatic heterocycles. The smallest absolute Gasteiger partial charge is 0.231 e. The predicted molar refractivity (Wildman–Crippen MR) is 129 cm³/mol. The molecule has 0 radical (unpaired) electrons. The maximum atomic E-state index is 13.3. The first-order chi connectivity index (χ1) is 16.2. The number of para-hydroxylation sites is 2. The van der Waals surface area contributed by atoms with E-state index in [-0.39, 0.29) is 5.91 Å². The molecule has 1 aliphatic heterocycles. The molecule has 0 atom stereocenters. The van der Waals surface area contributed by atoms with Crippen molar-refractivity contribution >= 4 is 29.4 Å². The minimum absolute atomic E-state index is 0.0743. The number of fused-ring (bicyclic) bond motifs is 2. The molecular weight excluding hydrogens is 410 g/mol. The number of nitriles is 2. The lowest BCUT2D eigenvalue weighted by atomic mass is 10.1. The summed E-state index contributed by atoms with van der Waals surface area (Å²) >= 11 is 0. The number of unbranched alkanes of at least 4 members (excludes halogenated alkanes) is 2. The molecule has 3 aromatic rings. The number of nitrogens with zero attached hydrogens (tertiary/aromatic N) is 3. The second-order valence-corrected chi connectivity index (χ2v) is 7.77. The Morgan fingerprint density at radius 1 is 0.788 bits per heavy atom.